The van der Waals surface area contributed by atoms with Gasteiger partial charge in [0.2, 0.25) is 0 Å². The molecule has 156 valence electrons. The van der Waals surface area contributed by atoms with Crippen LogP contribution in [0.3, 0.4) is 0 Å². The van der Waals surface area contributed by atoms with E-state index in [2.05, 4.69) is 48.5 Å². The van der Waals surface area contributed by atoms with E-state index in [1.165, 1.54) is 16.7 Å². The third-order valence-electron chi connectivity index (χ3n) is 8.53. The first-order valence-corrected chi connectivity index (χ1v) is 11.2. The van der Waals surface area contributed by atoms with Gasteiger partial charge in [0.1, 0.15) is 17.5 Å². The summed E-state index contributed by atoms with van der Waals surface area (Å²) in [6, 6.07) is 17.4. The second-order valence-corrected chi connectivity index (χ2v) is 9.70. The maximum absolute atomic E-state index is 11.9. The maximum Gasteiger partial charge on any atom is 0.309 e. The lowest BCUT2D eigenvalue weighted by Gasteiger charge is -2.50. The summed E-state index contributed by atoms with van der Waals surface area (Å²) in [6.45, 7) is 0. The van der Waals surface area contributed by atoms with Crippen molar-refractivity contribution in [3.8, 4) is 5.75 Å². The van der Waals surface area contributed by atoms with Crippen molar-refractivity contribution in [2.45, 2.75) is 55.6 Å². The average Bonchev–Trinajstić information content (AvgIpc) is 3.21. The number of aliphatic hydroxyl groups is 1. The van der Waals surface area contributed by atoms with Crippen molar-refractivity contribution in [1.29, 1.82) is 0 Å². The lowest BCUT2D eigenvalue weighted by molar-refractivity contribution is -0.142. The van der Waals surface area contributed by atoms with Gasteiger partial charge in [0, 0.05) is 0 Å². The molecule has 4 heteroatoms. The van der Waals surface area contributed by atoms with Gasteiger partial charge in [-0.05, 0) is 84.1 Å². The van der Waals surface area contributed by atoms with Crippen LogP contribution in [-0.4, -0.2) is 29.9 Å². The second-order valence-electron chi connectivity index (χ2n) is 9.70. The fourth-order valence-corrected chi connectivity index (χ4v) is 7.39. The molecule has 2 aromatic rings. The smallest absolute Gasteiger partial charge is 0.309 e. The Morgan fingerprint density at radius 3 is 2.73 bits per heavy atom. The summed E-state index contributed by atoms with van der Waals surface area (Å²) < 4.78 is 11.1. The monoisotopic (exact) mass is 404 g/mol. The number of methoxy groups -OCH3 is 1. The van der Waals surface area contributed by atoms with Crippen LogP contribution in [0.5, 0.6) is 5.75 Å². The van der Waals surface area contributed by atoms with Crippen LogP contribution in [0.4, 0.5) is 0 Å². The number of fused-ring (bicyclic) bond motifs is 7. The summed E-state index contributed by atoms with van der Waals surface area (Å²) in [7, 11) is 1.73. The molecular formula is C26H28O4. The molecule has 6 rings (SSSR count). The van der Waals surface area contributed by atoms with Crippen LogP contribution in [0.1, 0.15) is 54.2 Å². The van der Waals surface area contributed by atoms with E-state index < -0.39 is 5.60 Å². The molecule has 30 heavy (non-hydrogen) atoms. The maximum atomic E-state index is 11.9. The molecule has 4 nitrogen and oxygen atoms in total. The van der Waals surface area contributed by atoms with Crippen molar-refractivity contribution < 1.29 is 19.4 Å². The molecular weight excluding hydrogens is 376 g/mol. The Hall–Kier alpha value is -2.33. The Morgan fingerprint density at radius 1 is 1.10 bits per heavy atom. The molecule has 0 amide bonds. The molecule has 0 radical (unpaired) electrons. The van der Waals surface area contributed by atoms with Crippen LogP contribution in [0, 0.1) is 17.8 Å². The molecule has 1 aliphatic heterocycles. The van der Waals surface area contributed by atoms with Crippen molar-refractivity contribution in [2.24, 2.45) is 17.8 Å². The summed E-state index contributed by atoms with van der Waals surface area (Å²) in [5, 5.41) is 11.4. The number of esters is 1. The van der Waals surface area contributed by atoms with Crippen molar-refractivity contribution in [1.82, 2.24) is 0 Å². The summed E-state index contributed by atoms with van der Waals surface area (Å²) in [6.07, 6.45) is 3.64. The van der Waals surface area contributed by atoms with Crippen molar-refractivity contribution >= 4 is 5.97 Å². The van der Waals surface area contributed by atoms with Gasteiger partial charge in [0.25, 0.3) is 0 Å². The van der Waals surface area contributed by atoms with Gasteiger partial charge >= 0.3 is 5.97 Å². The number of ether oxygens (including phenoxy) is 2. The molecule has 4 aliphatic rings. The first-order valence-electron chi connectivity index (χ1n) is 11.2. The average molecular weight is 405 g/mol. The summed E-state index contributed by atoms with van der Waals surface area (Å²) >= 11 is 0. The quantitative estimate of drug-likeness (QED) is 0.762. The van der Waals surface area contributed by atoms with E-state index in [0.717, 1.165) is 31.4 Å². The molecule has 0 aromatic heterocycles. The number of hydrogen-bond donors (Lipinski definition) is 1. The van der Waals surface area contributed by atoms with Gasteiger partial charge in [-0.3, -0.25) is 4.79 Å². The van der Waals surface area contributed by atoms with Crippen molar-refractivity contribution in [3.05, 3.63) is 65.2 Å². The number of benzene rings is 2. The Morgan fingerprint density at radius 2 is 1.93 bits per heavy atom. The number of rotatable bonds is 2. The minimum Gasteiger partial charge on any atom is -0.497 e. The molecule has 0 bridgehead atoms. The number of hydrogen-bond acceptors (Lipinski definition) is 4. The van der Waals surface area contributed by atoms with E-state index in [4.69, 9.17) is 9.47 Å². The Bertz CT molecular complexity index is 986. The minimum atomic E-state index is -0.964. The Balaban J connectivity index is 1.45. The van der Waals surface area contributed by atoms with Gasteiger partial charge in [0.05, 0.1) is 13.5 Å². The van der Waals surface area contributed by atoms with Crippen LogP contribution < -0.4 is 4.74 Å². The molecule has 2 saturated carbocycles. The highest BCUT2D eigenvalue weighted by molar-refractivity contribution is 5.74. The lowest BCUT2D eigenvalue weighted by Crippen LogP contribution is -2.46. The summed E-state index contributed by atoms with van der Waals surface area (Å²) in [5.41, 5.74) is 3.26. The highest BCUT2D eigenvalue weighted by Crippen LogP contribution is 2.63. The first-order chi connectivity index (χ1) is 14.6. The molecule has 0 spiro atoms. The van der Waals surface area contributed by atoms with E-state index in [0.29, 0.717) is 23.7 Å². The predicted octanol–water partition coefficient (Wildman–Crippen LogP) is 4.21. The van der Waals surface area contributed by atoms with E-state index in [1.54, 1.807) is 7.11 Å². The molecule has 3 aliphatic carbocycles. The van der Waals surface area contributed by atoms with E-state index in [-0.39, 0.29) is 24.4 Å². The molecule has 1 N–H and O–H groups in total. The topological polar surface area (TPSA) is 55.8 Å². The number of carbonyl (C=O) groups is 1. The van der Waals surface area contributed by atoms with E-state index in [9.17, 15) is 9.90 Å². The summed E-state index contributed by atoms with van der Waals surface area (Å²) in [4.78, 5) is 11.9. The molecule has 7 unspecified atom stereocenters. The molecule has 1 heterocycles. The molecule has 3 fully saturated rings. The van der Waals surface area contributed by atoms with E-state index >= 15 is 0 Å². The SMILES string of the molecule is COc1ccc2c(c1)CC(c1ccccc1)C1C2CCC2C1CC1OC(=O)CC12O. The second kappa shape index (κ2) is 6.58. The van der Waals surface area contributed by atoms with Gasteiger partial charge < -0.3 is 14.6 Å². The van der Waals surface area contributed by atoms with Gasteiger partial charge in [-0.25, -0.2) is 0 Å². The zero-order valence-corrected chi connectivity index (χ0v) is 17.3. The lowest BCUT2D eigenvalue weighted by atomic mass is 9.55. The van der Waals surface area contributed by atoms with Crippen LogP contribution in [0.15, 0.2) is 48.5 Å². The standard InChI is InChI=1S/C26H28O4/c1-29-17-7-8-18-16(11-17)12-20(15-5-3-2-4-6-15)25-19(18)9-10-22-21(25)13-23-26(22,28)14-24(27)30-23/h2-8,11,19-23,25,28H,9-10,12-14H2,1H3. The van der Waals surface area contributed by atoms with Gasteiger partial charge in [0.15, 0.2) is 0 Å². The largest absolute Gasteiger partial charge is 0.497 e. The van der Waals surface area contributed by atoms with Crippen LogP contribution in [0.25, 0.3) is 0 Å². The van der Waals surface area contributed by atoms with E-state index in [1.807, 2.05) is 0 Å². The highest BCUT2D eigenvalue weighted by atomic mass is 16.6. The summed E-state index contributed by atoms with van der Waals surface area (Å²) in [5.74, 6) is 2.56. The predicted molar refractivity (Wildman–Crippen MR) is 112 cm³/mol. The fraction of sp³-hybridized carbons (Fsp3) is 0.500. The highest BCUT2D eigenvalue weighted by Gasteiger charge is 2.64. The zero-order chi connectivity index (χ0) is 20.5. The number of carbonyl (C=O) groups excluding carboxylic acids is 1. The van der Waals surface area contributed by atoms with Crippen LogP contribution >= 0.6 is 0 Å². The van der Waals surface area contributed by atoms with Crippen molar-refractivity contribution in [3.63, 3.8) is 0 Å². The van der Waals surface area contributed by atoms with Gasteiger partial charge in [-0.15, -0.1) is 0 Å². The zero-order valence-electron chi connectivity index (χ0n) is 17.3. The molecule has 1 saturated heterocycles. The van der Waals surface area contributed by atoms with Gasteiger partial charge in [-0.1, -0.05) is 36.4 Å². The van der Waals surface area contributed by atoms with Crippen LogP contribution in [0.2, 0.25) is 0 Å². The van der Waals surface area contributed by atoms with Gasteiger partial charge in [-0.2, -0.15) is 0 Å². The fourth-order valence-electron chi connectivity index (χ4n) is 7.39. The first kappa shape index (κ1) is 18.4. The molecule has 2 aromatic carbocycles. The third kappa shape index (κ3) is 2.52. The van der Waals surface area contributed by atoms with Crippen molar-refractivity contribution in [2.75, 3.05) is 7.11 Å². The van der Waals surface area contributed by atoms with Crippen LogP contribution in [-0.2, 0) is 16.0 Å². The molecule has 7 atom stereocenters. The normalized spacial score (nSPS) is 38.8. The minimum absolute atomic E-state index is 0.154. The Kier molecular flexibility index (Phi) is 4.05. The Labute approximate surface area is 177 Å². The third-order valence-corrected chi connectivity index (χ3v) is 8.53.